The van der Waals surface area contributed by atoms with Gasteiger partial charge in [0.1, 0.15) is 0 Å². The van der Waals surface area contributed by atoms with E-state index in [1.54, 1.807) is 11.8 Å². The molecule has 3 nitrogen and oxygen atoms in total. The number of para-hydroxylation sites is 1. The zero-order valence-corrected chi connectivity index (χ0v) is 13.1. The molecule has 110 valence electrons. The number of rotatable bonds is 5. The maximum atomic E-state index is 12.0. The first-order chi connectivity index (χ1) is 9.94. The minimum atomic E-state index is -0.508. The summed E-state index contributed by atoms with van der Waals surface area (Å²) in [5.74, 6) is -0.0661. The summed E-state index contributed by atoms with van der Waals surface area (Å²) in [6, 6.07) is 17.9. The topological polar surface area (TPSA) is 55.1 Å². The molecule has 0 aliphatic rings. The number of nitrogens with one attached hydrogen (secondary N) is 1. The van der Waals surface area contributed by atoms with Crippen molar-refractivity contribution in [3.05, 3.63) is 54.6 Å². The number of benzene rings is 2. The number of carbonyl (C=O) groups excluding carboxylic acids is 1. The van der Waals surface area contributed by atoms with Gasteiger partial charge in [0.05, 0.1) is 5.69 Å². The van der Waals surface area contributed by atoms with Gasteiger partial charge in [-0.25, -0.2) is 0 Å². The van der Waals surface area contributed by atoms with Crippen molar-refractivity contribution in [1.29, 1.82) is 0 Å². The van der Waals surface area contributed by atoms with Crippen LogP contribution in [0, 0.1) is 0 Å². The van der Waals surface area contributed by atoms with Crippen LogP contribution in [0.3, 0.4) is 0 Å². The summed E-state index contributed by atoms with van der Waals surface area (Å²) in [5, 5.41) is 2.95. The maximum absolute atomic E-state index is 12.0. The molecular formula is C17H20N2OS. The van der Waals surface area contributed by atoms with Crippen molar-refractivity contribution >= 4 is 23.4 Å². The average Bonchev–Trinajstić information content (AvgIpc) is 2.40. The van der Waals surface area contributed by atoms with E-state index in [9.17, 15) is 4.79 Å². The fraction of sp³-hybridized carbons (Fsp3) is 0.235. The van der Waals surface area contributed by atoms with Gasteiger partial charge in [0.25, 0.3) is 0 Å². The van der Waals surface area contributed by atoms with Crippen LogP contribution in [0.1, 0.15) is 20.3 Å². The first kappa shape index (κ1) is 15.6. The van der Waals surface area contributed by atoms with Crippen LogP contribution >= 0.6 is 11.8 Å². The number of hydrogen-bond donors (Lipinski definition) is 2. The predicted molar refractivity (Wildman–Crippen MR) is 88.5 cm³/mol. The van der Waals surface area contributed by atoms with E-state index in [1.165, 1.54) is 0 Å². The third-order valence-corrected chi connectivity index (χ3v) is 3.83. The quantitative estimate of drug-likeness (QED) is 0.880. The molecular weight excluding hydrogens is 280 g/mol. The van der Waals surface area contributed by atoms with Crippen molar-refractivity contribution in [2.45, 2.75) is 35.6 Å². The minimum Gasteiger partial charge on any atom is -0.325 e. The predicted octanol–water partition coefficient (Wildman–Crippen LogP) is 3.90. The second kappa shape index (κ2) is 6.78. The Morgan fingerprint density at radius 1 is 1.10 bits per heavy atom. The summed E-state index contributed by atoms with van der Waals surface area (Å²) in [6.45, 7) is 3.69. The molecule has 0 radical (unpaired) electrons. The summed E-state index contributed by atoms with van der Waals surface area (Å²) in [4.78, 5) is 14.2. The molecule has 0 bridgehead atoms. The number of nitrogens with two attached hydrogens (primary N) is 1. The molecule has 2 rings (SSSR count). The molecule has 0 unspecified atom stereocenters. The standard InChI is InChI=1S/C17H20N2OS/c1-17(2,18)12-16(20)19-14-10-6-7-11-15(14)21-13-8-4-3-5-9-13/h3-11H,12,18H2,1-2H3,(H,19,20). The molecule has 1 amide bonds. The molecule has 2 aromatic rings. The van der Waals surface area contributed by atoms with Crippen LogP contribution in [-0.4, -0.2) is 11.4 Å². The van der Waals surface area contributed by atoms with Crippen molar-refractivity contribution in [2.24, 2.45) is 5.73 Å². The molecule has 0 heterocycles. The summed E-state index contributed by atoms with van der Waals surface area (Å²) in [5.41, 5.74) is 6.20. The molecule has 0 fully saturated rings. The van der Waals surface area contributed by atoms with E-state index in [4.69, 9.17) is 5.73 Å². The fourth-order valence-corrected chi connectivity index (χ4v) is 2.81. The third kappa shape index (κ3) is 5.25. The molecule has 0 atom stereocenters. The summed E-state index contributed by atoms with van der Waals surface area (Å²) < 4.78 is 0. The SMILES string of the molecule is CC(C)(N)CC(=O)Nc1ccccc1Sc1ccccc1. The van der Waals surface area contributed by atoms with E-state index >= 15 is 0 Å². The highest BCUT2D eigenvalue weighted by atomic mass is 32.2. The first-order valence-electron chi connectivity index (χ1n) is 6.85. The van der Waals surface area contributed by atoms with Gasteiger partial charge in [-0.15, -0.1) is 0 Å². The zero-order valence-electron chi connectivity index (χ0n) is 12.3. The molecule has 0 aliphatic carbocycles. The Morgan fingerprint density at radius 2 is 1.71 bits per heavy atom. The summed E-state index contributed by atoms with van der Waals surface area (Å²) in [7, 11) is 0. The molecule has 0 saturated heterocycles. The van der Waals surface area contributed by atoms with Gasteiger partial charge in [-0.3, -0.25) is 4.79 Å². The van der Waals surface area contributed by atoms with Crippen molar-refractivity contribution in [3.8, 4) is 0 Å². The Balaban J connectivity index is 2.12. The fourth-order valence-electron chi connectivity index (χ4n) is 1.88. The van der Waals surface area contributed by atoms with Gasteiger partial charge in [0.2, 0.25) is 5.91 Å². The number of amides is 1. The molecule has 3 N–H and O–H groups in total. The Kier molecular flexibility index (Phi) is 5.04. The van der Waals surface area contributed by atoms with E-state index in [2.05, 4.69) is 5.32 Å². The number of hydrogen-bond acceptors (Lipinski definition) is 3. The lowest BCUT2D eigenvalue weighted by Gasteiger charge is -2.18. The van der Waals surface area contributed by atoms with E-state index in [1.807, 2.05) is 68.4 Å². The van der Waals surface area contributed by atoms with Crippen LogP contribution in [0.25, 0.3) is 0 Å². The van der Waals surface area contributed by atoms with Crippen molar-refractivity contribution in [2.75, 3.05) is 5.32 Å². The smallest absolute Gasteiger partial charge is 0.226 e. The van der Waals surface area contributed by atoms with E-state index in [-0.39, 0.29) is 12.3 Å². The van der Waals surface area contributed by atoms with Gasteiger partial charge in [0, 0.05) is 21.8 Å². The molecule has 0 saturated carbocycles. The highest BCUT2D eigenvalue weighted by molar-refractivity contribution is 7.99. The zero-order chi connectivity index (χ0) is 15.3. The van der Waals surface area contributed by atoms with Gasteiger partial charge < -0.3 is 11.1 Å². The highest BCUT2D eigenvalue weighted by Crippen LogP contribution is 2.33. The van der Waals surface area contributed by atoms with Gasteiger partial charge in [0.15, 0.2) is 0 Å². The largest absolute Gasteiger partial charge is 0.325 e. The second-order valence-electron chi connectivity index (χ2n) is 5.62. The molecule has 21 heavy (non-hydrogen) atoms. The Labute approximate surface area is 129 Å². The Bertz CT molecular complexity index is 606. The number of carbonyl (C=O) groups is 1. The van der Waals surface area contributed by atoms with E-state index in [0.29, 0.717) is 0 Å². The lowest BCUT2D eigenvalue weighted by molar-refractivity contribution is -0.117. The molecule has 4 heteroatoms. The van der Waals surface area contributed by atoms with E-state index < -0.39 is 5.54 Å². The lowest BCUT2D eigenvalue weighted by atomic mass is 10.0. The molecule has 0 spiro atoms. The maximum Gasteiger partial charge on any atom is 0.226 e. The van der Waals surface area contributed by atoms with Gasteiger partial charge in [-0.1, -0.05) is 42.1 Å². The Morgan fingerprint density at radius 3 is 2.38 bits per heavy atom. The van der Waals surface area contributed by atoms with E-state index in [0.717, 1.165) is 15.5 Å². The minimum absolute atomic E-state index is 0.0661. The monoisotopic (exact) mass is 300 g/mol. The van der Waals surface area contributed by atoms with Crippen LogP contribution in [0.2, 0.25) is 0 Å². The summed E-state index contributed by atoms with van der Waals surface area (Å²) >= 11 is 1.63. The van der Waals surface area contributed by atoms with Crippen LogP contribution < -0.4 is 11.1 Å². The van der Waals surface area contributed by atoms with Crippen LogP contribution in [0.5, 0.6) is 0 Å². The van der Waals surface area contributed by atoms with Crippen LogP contribution in [0.15, 0.2) is 64.4 Å². The lowest BCUT2D eigenvalue weighted by Crippen LogP contribution is -2.36. The van der Waals surface area contributed by atoms with Gasteiger partial charge in [-0.05, 0) is 38.1 Å². The molecule has 0 aromatic heterocycles. The Hall–Kier alpha value is -1.78. The van der Waals surface area contributed by atoms with Crippen molar-refractivity contribution < 1.29 is 4.79 Å². The second-order valence-corrected chi connectivity index (χ2v) is 6.74. The number of anilines is 1. The first-order valence-corrected chi connectivity index (χ1v) is 7.66. The normalized spacial score (nSPS) is 11.2. The highest BCUT2D eigenvalue weighted by Gasteiger charge is 2.17. The van der Waals surface area contributed by atoms with Crippen LogP contribution in [-0.2, 0) is 4.79 Å². The van der Waals surface area contributed by atoms with Crippen molar-refractivity contribution in [3.63, 3.8) is 0 Å². The van der Waals surface area contributed by atoms with Gasteiger partial charge in [-0.2, -0.15) is 0 Å². The third-order valence-electron chi connectivity index (χ3n) is 2.75. The van der Waals surface area contributed by atoms with Crippen molar-refractivity contribution in [1.82, 2.24) is 0 Å². The molecule has 0 aliphatic heterocycles. The van der Waals surface area contributed by atoms with Crippen LogP contribution in [0.4, 0.5) is 5.69 Å². The average molecular weight is 300 g/mol. The summed E-state index contributed by atoms with van der Waals surface area (Å²) in [6.07, 6.45) is 0.289. The van der Waals surface area contributed by atoms with Gasteiger partial charge >= 0.3 is 0 Å². The molecule has 2 aromatic carbocycles.